The first-order valence-electron chi connectivity index (χ1n) is 9.14. The predicted molar refractivity (Wildman–Crippen MR) is 97.2 cm³/mol. The number of nitrogens with zero attached hydrogens (tertiary/aromatic N) is 3. The van der Waals surface area contributed by atoms with Gasteiger partial charge in [0, 0.05) is 26.2 Å². The van der Waals surface area contributed by atoms with Gasteiger partial charge in [0.1, 0.15) is 5.75 Å². The van der Waals surface area contributed by atoms with E-state index in [0.717, 1.165) is 17.9 Å². The summed E-state index contributed by atoms with van der Waals surface area (Å²) in [7, 11) is 1.64. The van der Waals surface area contributed by atoms with E-state index in [-0.39, 0.29) is 17.2 Å². The van der Waals surface area contributed by atoms with Gasteiger partial charge in [0.05, 0.1) is 18.2 Å². The maximum Gasteiger partial charge on any atom is 0.291 e. The highest BCUT2D eigenvalue weighted by molar-refractivity contribution is 5.93. The van der Waals surface area contributed by atoms with Crippen molar-refractivity contribution >= 4 is 11.8 Å². The van der Waals surface area contributed by atoms with Crippen molar-refractivity contribution in [2.24, 2.45) is 5.41 Å². The molecule has 142 valence electrons. The maximum atomic E-state index is 12.8. The van der Waals surface area contributed by atoms with Crippen molar-refractivity contribution in [2.45, 2.75) is 26.3 Å². The molecule has 1 spiro atoms. The molecule has 3 heterocycles. The van der Waals surface area contributed by atoms with Gasteiger partial charge in [-0.15, -0.1) is 0 Å². The molecule has 1 aromatic heterocycles. The number of carbonyl (C=O) groups excluding carboxylic acids is 2. The number of rotatable bonds is 4. The Morgan fingerprint density at radius 1 is 1.26 bits per heavy atom. The van der Waals surface area contributed by atoms with Crippen LogP contribution in [0.15, 0.2) is 35.1 Å². The van der Waals surface area contributed by atoms with Gasteiger partial charge < -0.3 is 19.0 Å². The van der Waals surface area contributed by atoms with Crippen molar-refractivity contribution in [1.29, 1.82) is 0 Å². The van der Waals surface area contributed by atoms with Crippen molar-refractivity contribution in [3.05, 3.63) is 47.7 Å². The van der Waals surface area contributed by atoms with Gasteiger partial charge in [0.2, 0.25) is 11.7 Å². The minimum atomic E-state index is -0.306. The number of carbonyl (C=O) groups is 2. The number of hydrogen-bond donors (Lipinski definition) is 0. The number of amides is 2. The van der Waals surface area contributed by atoms with E-state index in [0.29, 0.717) is 43.9 Å². The molecule has 2 aliphatic heterocycles. The van der Waals surface area contributed by atoms with Crippen LogP contribution in [-0.4, -0.2) is 53.3 Å². The summed E-state index contributed by atoms with van der Waals surface area (Å²) in [6, 6.07) is 7.78. The summed E-state index contributed by atoms with van der Waals surface area (Å²) in [5, 5.41) is 0. The van der Waals surface area contributed by atoms with E-state index >= 15 is 0 Å². The molecular formula is C20H23N3O4. The van der Waals surface area contributed by atoms with Crippen LogP contribution in [0.25, 0.3) is 0 Å². The molecule has 2 saturated heterocycles. The molecule has 2 aromatic rings. The lowest BCUT2D eigenvalue weighted by molar-refractivity contribution is -0.165. The summed E-state index contributed by atoms with van der Waals surface area (Å²) in [5.74, 6) is 1.17. The first-order chi connectivity index (χ1) is 13.0. The molecule has 7 nitrogen and oxygen atoms in total. The number of ether oxygens (including phenoxy) is 1. The quantitative estimate of drug-likeness (QED) is 0.773. The summed E-state index contributed by atoms with van der Waals surface area (Å²) in [6.07, 6.45) is 2.69. The molecule has 1 aromatic carbocycles. The van der Waals surface area contributed by atoms with Crippen LogP contribution in [0, 0.1) is 12.3 Å². The van der Waals surface area contributed by atoms with Crippen molar-refractivity contribution in [1.82, 2.24) is 14.8 Å². The minimum Gasteiger partial charge on any atom is -0.497 e. The molecule has 0 unspecified atom stereocenters. The van der Waals surface area contributed by atoms with Crippen LogP contribution < -0.4 is 4.74 Å². The fourth-order valence-corrected chi connectivity index (χ4v) is 3.99. The van der Waals surface area contributed by atoms with E-state index in [9.17, 15) is 9.59 Å². The van der Waals surface area contributed by atoms with Crippen LogP contribution >= 0.6 is 0 Å². The second-order valence-electron chi connectivity index (χ2n) is 7.35. The fourth-order valence-electron chi connectivity index (χ4n) is 3.99. The van der Waals surface area contributed by atoms with Crippen LogP contribution in [0.4, 0.5) is 0 Å². The van der Waals surface area contributed by atoms with Gasteiger partial charge in [-0.3, -0.25) is 9.59 Å². The Morgan fingerprint density at radius 2 is 1.96 bits per heavy atom. The van der Waals surface area contributed by atoms with E-state index < -0.39 is 0 Å². The number of benzene rings is 1. The molecular weight excluding hydrogens is 346 g/mol. The third-order valence-corrected chi connectivity index (χ3v) is 5.71. The van der Waals surface area contributed by atoms with Crippen LogP contribution in [-0.2, 0) is 11.3 Å². The standard InChI is InChI=1S/C20H23N3O4/c1-14-17(27-13-21-14)18(24)22-9-7-20(8-10-22)12-23(19(20)25)11-15-3-5-16(26-2)6-4-15/h3-6,13H,7-12H2,1-2H3. The van der Waals surface area contributed by atoms with Crippen LogP contribution in [0.5, 0.6) is 5.75 Å². The van der Waals surface area contributed by atoms with Gasteiger partial charge >= 0.3 is 0 Å². The number of likely N-dealkylation sites (tertiary alicyclic amines) is 2. The van der Waals surface area contributed by atoms with Gasteiger partial charge in [-0.25, -0.2) is 4.98 Å². The summed E-state index contributed by atoms with van der Waals surface area (Å²) < 4.78 is 10.4. The average molecular weight is 369 g/mol. The average Bonchev–Trinajstić information content (AvgIpc) is 3.13. The Kier molecular flexibility index (Phi) is 4.37. The number of methoxy groups -OCH3 is 1. The van der Waals surface area contributed by atoms with Crippen LogP contribution in [0.1, 0.15) is 34.7 Å². The number of β-lactam (4-membered cyclic amide) rings is 1. The normalized spacial score (nSPS) is 18.5. The van der Waals surface area contributed by atoms with Crippen molar-refractivity contribution in [3.8, 4) is 5.75 Å². The van der Waals surface area contributed by atoms with Gasteiger partial charge in [0.15, 0.2) is 6.39 Å². The molecule has 0 atom stereocenters. The minimum absolute atomic E-state index is 0.137. The lowest BCUT2D eigenvalue weighted by Crippen LogP contribution is -2.64. The number of hydrogen-bond acceptors (Lipinski definition) is 5. The number of piperidine rings is 1. The predicted octanol–water partition coefficient (Wildman–Crippen LogP) is 2.26. The lowest BCUT2D eigenvalue weighted by atomic mass is 9.71. The summed E-state index contributed by atoms with van der Waals surface area (Å²) >= 11 is 0. The zero-order chi connectivity index (χ0) is 19.0. The van der Waals surface area contributed by atoms with Crippen molar-refractivity contribution in [3.63, 3.8) is 0 Å². The molecule has 2 aliphatic rings. The number of aromatic nitrogens is 1. The van der Waals surface area contributed by atoms with E-state index in [1.54, 1.807) is 18.9 Å². The Bertz CT molecular complexity index is 850. The molecule has 0 N–H and O–H groups in total. The summed E-state index contributed by atoms with van der Waals surface area (Å²) in [5.41, 5.74) is 1.39. The molecule has 2 fully saturated rings. The third kappa shape index (κ3) is 3.07. The number of aryl methyl sites for hydroxylation is 1. The van der Waals surface area contributed by atoms with E-state index in [1.807, 2.05) is 29.2 Å². The van der Waals surface area contributed by atoms with Crippen LogP contribution in [0.3, 0.4) is 0 Å². The Labute approximate surface area is 157 Å². The number of oxazole rings is 1. The molecule has 27 heavy (non-hydrogen) atoms. The van der Waals surface area contributed by atoms with Crippen LogP contribution in [0.2, 0.25) is 0 Å². The van der Waals surface area contributed by atoms with Gasteiger partial charge in [-0.2, -0.15) is 0 Å². The summed E-state index contributed by atoms with van der Waals surface area (Å²) in [6.45, 7) is 4.27. The van der Waals surface area contributed by atoms with E-state index in [4.69, 9.17) is 9.15 Å². The van der Waals surface area contributed by atoms with Crippen molar-refractivity contribution < 1.29 is 18.7 Å². The molecule has 4 rings (SSSR count). The monoisotopic (exact) mass is 369 g/mol. The molecule has 0 aliphatic carbocycles. The van der Waals surface area contributed by atoms with Gasteiger partial charge in [-0.05, 0) is 37.5 Å². The molecule has 0 bridgehead atoms. The second kappa shape index (κ2) is 6.72. The SMILES string of the molecule is COc1ccc(CN2CC3(CCN(C(=O)c4ocnc4C)CC3)C2=O)cc1. The Hall–Kier alpha value is -2.83. The second-order valence-corrected chi connectivity index (χ2v) is 7.35. The first-order valence-corrected chi connectivity index (χ1v) is 9.14. The zero-order valence-electron chi connectivity index (χ0n) is 15.6. The lowest BCUT2D eigenvalue weighted by Gasteiger charge is -2.52. The molecule has 2 amide bonds. The Balaban J connectivity index is 1.33. The summed E-state index contributed by atoms with van der Waals surface area (Å²) in [4.78, 5) is 32.9. The maximum absolute atomic E-state index is 12.8. The topological polar surface area (TPSA) is 75.9 Å². The molecule has 7 heteroatoms. The third-order valence-electron chi connectivity index (χ3n) is 5.71. The zero-order valence-corrected chi connectivity index (χ0v) is 15.6. The first kappa shape index (κ1) is 17.6. The highest BCUT2D eigenvalue weighted by atomic mass is 16.5. The van der Waals surface area contributed by atoms with E-state index in [2.05, 4.69) is 4.98 Å². The van der Waals surface area contributed by atoms with Gasteiger partial charge in [0.25, 0.3) is 5.91 Å². The highest BCUT2D eigenvalue weighted by Gasteiger charge is 2.53. The Morgan fingerprint density at radius 3 is 2.52 bits per heavy atom. The van der Waals surface area contributed by atoms with Gasteiger partial charge in [-0.1, -0.05) is 12.1 Å². The van der Waals surface area contributed by atoms with E-state index in [1.165, 1.54) is 6.39 Å². The highest BCUT2D eigenvalue weighted by Crippen LogP contribution is 2.42. The molecule has 0 saturated carbocycles. The largest absolute Gasteiger partial charge is 0.497 e. The smallest absolute Gasteiger partial charge is 0.291 e. The molecule has 0 radical (unpaired) electrons. The fraction of sp³-hybridized carbons (Fsp3) is 0.450. The van der Waals surface area contributed by atoms with Crippen molar-refractivity contribution in [2.75, 3.05) is 26.7 Å².